The van der Waals surface area contributed by atoms with Crippen LogP contribution in [0, 0.1) is 0 Å². The molecular formula is C23H30N2O4. The Labute approximate surface area is 172 Å². The zero-order chi connectivity index (χ0) is 21.1. The molecule has 0 saturated heterocycles. The summed E-state index contributed by atoms with van der Waals surface area (Å²) in [5, 5.41) is 5.57. The second kappa shape index (κ2) is 11.7. The van der Waals surface area contributed by atoms with E-state index in [0.29, 0.717) is 30.3 Å². The lowest BCUT2D eigenvalue weighted by Gasteiger charge is -2.15. The summed E-state index contributed by atoms with van der Waals surface area (Å²) in [5.41, 5.74) is 1.66. The van der Waals surface area contributed by atoms with E-state index in [2.05, 4.69) is 22.8 Å². The molecule has 0 aromatic heterocycles. The molecule has 29 heavy (non-hydrogen) atoms. The van der Waals surface area contributed by atoms with E-state index < -0.39 is 0 Å². The van der Waals surface area contributed by atoms with Crippen molar-refractivity contribution in [3.63, 3.8) is 0 Å². The topological polar surface area (TPSA) is 76.7 Å². The Hall–Kier alpha value is -3.02. The number of carbonyl (C=O) groups excluding carboxylic acids is 2. The molecule has 0 fully saturated rings. The average molecular weight is 399 g/mol. The zero-order valence-electron chi connectivity index (χ0n) is 17.4. The van der Waals surface area contributed by atoms with Crippen LogP contribution in [0.5, 0.6) is 11.5 Å². The minimum absolute atomic E-state index is 0.0228. The molecule has 6 heteroatoms. The summed E-state index contributed by atoms with van der Waals surface area (Å²) in [7, 11) is 0. The van der Waals surface area contributed by atoms with Gasteiger partial charge in [-0.05, 0) is 57.4 Å². The van der Waals surface area contributed by atoms with E-state index in [1.807, 2.05) is 39.0 Å². The van der Waals surface area contributed by atoms with E-state index in [-0.39, 0.29) is 24.4 Å². The standard InChI is InChI=1S/C23H30N2O4/c1-4-28-20-14-13-19(15-21(20)29-5-2)23(27)24-16-22(26)25-17(3)11-12-18-9-7-6-8-10-18/h6-10,13-15,17H,4-5,11-12,16H2,1-3H3,(H,24,27)(H,25,26)/t17-/m1/s1. The Bertz CT molecular complexity index is 793. The highest BCUT2D eigenvalue weighted by Crippen LogP contribution is 2.28. The quantitative estimate of drug-likeness (QED) is 0.609. The van der Waals surface area contributed by atoms with Crippen molar-refractivity contribution in [1.82, 2.24) is 10.6 Å². The highest BCUT2D eigenvalue weighted by atomic mass is 16.5. The fraction of sp³-hybridized carbons (Fsp3) is 0.391. The summed E-state index contributed by atoms with van der Waals surface area (Å²) in [4.78, 5) is 24.5. The van der Waals surface area contributed by atoms with Crippen LogP contribution >= 0.6 is 0 Å². The van der Waals surface area contributed by atoms with Crippen LogP contribution in [0.3, 0.4) is 0 Å². The minimum atomic E-state index is -0.332. The molecule has 0 saturated carbocycles. The number of aryl methyl sites for hydroxylation is 1. The maximum Gasteiger partial charge on any atom is 0.251 e. The van der Waals surface area contributed by atoms with Gasteiger partial charge in [0.25, 0.3) is 5.91 Å². The first kappa shape index (κ1) is 22.3. The molecule has 1 atom stereocenters. The van der Waals surface area contributed by atoms with Crippen molar-refractivity contribution in [2.75, 3.05) is 19.8 Å². The van der Waals surface area contributed by atoms with E-state index in [1.54, 1.807) is 18.2 Å². The van der Waals surface area contributed by atoms with Crippen molar-refractivity contribution in [3.8, 4) is 11.5 Å². The Balaban J connectivity index is 1.81. The minimum Gasteiger partial charge on any atom is -0.490 e. The van der Waals surface area contributed by atoms with Gasteiger partial charge in [-0.25, -0.2) is 0 Å². The Morgan fingerprint density at radius 1 is 0.966 bits per heavy atom. The maximum atomic E-state index is 12.4. The molecule has 2 rings (SSSR count). The largest absolute Gasteiger partial charge is 0.490 e. The smallest absolute Gasteiger partial charge is 0.251 e. The van der Waals surface area contributed by atoms with Gasteiger partial charge in [0, 0.05) is 11.6 Å². The van der Waals surface area contributed by atoms with Gasteiger partial charge in [0.2, 0.25) is 5.91 Å². The molecule has 2 N–H and O–H groups in total. The van der Waals surface area contributed by atoms with Crippen molar-refractivity contribution in [2.24, 2.45) is 0 Å². The molecule has 2 aromatic rings. The SMILES string of the molecule is CCOc1ccc(C(=O)NCC(=O)N[C@H](C)CCc2ccccc2)cc1OCC. The van der Waals surface area contributed by atoms with E-state index in [1.165, 1.54) is 5.56 Å². The van der Waals surface area contributed by atoms with Gasteiger partial charge < -0.3 is 20.1 Å². The number of ether oxygens (including phenoxy) is 2. The van der Waals surface area contributed by atoms with Gasteiger partial charge in [-0.3, -0.25) is 9.59 Å². The third-order valence-electron chi connectivity index (χ3n) is 4.33. The number of hydrogen-bond acceptors (Lipinski definition) is 4. The van der Waals surface area contributed by atoms with Crippen molar-refractivity contribution in [3.05, 3.63) is 59.7 Å². The number of nitrogens with one attached hydrogen (secondary N) is 2. The van der Waals surface area contributed by atoms with Crippen LogP contribution in [-0.4, -0.2) is 37.6 Å². The Kier molecular flexibility index (Phi) is 9.02. The van der Waals surface area contributed by atoms with Crippen LogP contribution in [0.2, 0.25) is 0 Å². The summed E-state index contributed by atoms with van der Waals surface area (Å²) < 4.78 is 11.0. The van der Waals surface area contributed by atoms with Gasteiger partial charge in [-0.1, -0.05) is 30.3 Å². The second-order valence-corrected chi connectivity index (χ2v) is 6.70. The number of hydrogen-bond donors (Lipinski definition) is 2. The first-order chi connectivity index (χ1) is 14.0. The molecule has 0 radical (unpaired) electrons. The van der Waals surface area contributed by atoms with E-state index >= 15 is 0 Å². The highest BCUT2D eigenvalue weighted by Gasteiger charge is 2.13. The molecule has 6 nitrogen and oxygen atoms in total. The lowest BCUT2D eigenvalue weighted by atomic mass is 10.1. The summed E-state index contributed by atoms with van der Waals surface area (Å²) in [5.74, 6) is 0.563. The van der Waals surface area contributed by atoms with Gasteiger partial charge in [0.1, 0.15) is 0 Å². The predicted molar refractivity (Wildman–Crippen MR) is 113 cm³/mol. The third kappa shape index (κ3) is 7.49. The Morgan fingerprint density at radius 2 is 1.66 bits per heavy atom. The van der Waals surface area contributed by atoms with Crippen LogP contribution in [-0.2, 0) is 11.2 Å². The highest BCUT2D eigenvalue weighted by molar-refractivity contribution is 5.97. The molecule has 156 valence electrons. The summed E-state index contributed by atoms with van der Waals surface area (Å²) in [6.45, 7) is 6.61. The van der Waals surface area contributed by atoms with Crippen LogP contribution in [0.4, 0.5) is 0 Å². The average Bonchev–Trinajstić information content (AvgIpc) is 2.73. The van der Waals surface area contributed by atoms with Crippen LogP contribution in [0.1, 0.15) is 43.1 Å². The van der Waals surface area contributed by atoms with Crippen molar-refractivity contribution < 1.29 is 19.1 Å². The summed E-state index contributed by atoms with van der Waals surface area (Å²) >= 11 is 0. The van der Waals surface area contributed by atoms with Crippen molar-refractivity contribution >= 4 is 11.8 Å². The van der Waals surface area contributed by atoms with Gasteiger partial charge in [-0.15, -0.1) is 0 Å². The molecule has 0 aliphatic heterocycles. The number of benzene rings is 2. The molecule has 0 aliphatic carbocycles. The lowest BCUT2D eigenvalue weighted by molar-refractivity contribution is -0.120. The van der Waals surface area contributed by atoms with E-state index in [4.69, 9.17) is 9.47 Å². The second-order valence-electron chi connectivity index (χ2n) is 6.70. The number of amides is 2. The monoisotopic (exact) mass is 398 g/mol. The maximum absolute atomic E-state index is 12.4. The van der Waals surface area contributed by atoms with Gasteiger partial charge in [0.15, 0.2) is 11.5 Å². The molecule has 2 aromatic carbocycles. The Morgan fingerprint density at radius 3 is 2.34 bits per heavy atom. The molecule has 0 heterocycles. The molecule has 0 aliphatic rings. The van der Waals surface area contributed by atoms with E-state index in [9.17, 15) is 9.59 Å². The van der Waals surface area contributed by atoms with Crippen LogP contribution < -0.4 is 20.1 Å². The number of carbonyl (C=O) groups is 2. The van der Waals surface area contributed by atoms with Crippen LogP contribution in [0.25, 0.3) is 0 Å². The first-order valence-corrected chi connectivity index (χ1v) is 10.0. The van der Waals surface area contributed by atoms with Crippen molar-refractivity contribution in [2.45, 2.75) is 39.7 Å². The zero-order valence-corrected chi connectivity index (χ0v) is 17.4. The fourth-order valence-corrected chi connectivity index (χ4v) is 2.88. The normalized spacial score (nSPS) is 11.4. The van der Waals surface area contributed by atoms with Gasteiger partial charge >= 0.3 is 0 Å². The molecule has 0 bridgehead atoms. The van der Waals surface area contributed by atoms with Gasteiger partial charge in [-0.2, -0.15) is 0 Å². The van der Waals surface area contributed by atoms with Crippen LogP contribution in [0.15, 0.2) is 48.5 Å². The molecule has 2 amide bonds. The molecular weight excluding hydrogens is 368 g/mol. The third-order valence-corrected chi connectivity index (χ3v) is 4.33. The summed E-state index contributed by atoms with van der Waals surface area (Å²) in [6, 6.07) is 15.2. The number of rotatable bonds is 11. The van der Waals surface area contributed by atoms with Gasteiger partial charge in [0.05, 0.1) is 19.8 Å². The summed E-state index contributed by atoms with van der Waals surface area (Å²) in [6.07, 6.45) is 1.72. The molecule has 0 unspecified atom stereocenters. The first-order valence-electron chi connectivity index (χ1n) is 10.0. The molecule has 0 spiro atoms. The lowest BCUT2D eigenvalue weighted by Crippen LogP contribution is -2.41. The van der Waals surface area contributed by atoms with Crippen molar-refractivity contribution in [1.29, 1.82) is 0 Å². The fourth-order valence-electron chi connectivity index (χ4n) is 2.88. The predicted octanol–water partition coefficient (Wildman–Crippen LogP) is 3.35. The van der Waals surface area contributed by atoms with E-state index in [0.717, 1.165) is 12.8 Å².